The number of carbonyl (C=O) groups is 2. The molecular weight excluding hydrogens is 360 g/mol. The Hall–Kier alpha value is -3.03. The van der Waals surface area contributed by atoms with Crippen LogP contribution in [0.1, 0.15) is 34.5 Å². The Bertz CT molecular complexity index is 938. The molecule has 0 bridgehead atoms. The lowest BCUT2D eigenvalue weighted by molar-refractivity contribution is 0.0478. The Morgan fingerprint density at radius 1 is 1.39 bits per heavy atom. The predicted octanol–water partition coefficient (Wildman–Crippen LogP) is 2.06. The molecule has 28 heavy (non-hydrogen) atoms. The number of methoxy groups -OCH3 is 1. The minimum atomic E-state index is -0.634. The van der Waals surface area contributed by atoms with Gasteiger partial charge < -0.3 is 19.7 Å². The van der Waals surface area contributed by atoms with E-state index in [0.717, 1.165) is 11.3 Å². The summed E-state index contributed by atoms with van der Waals surface area (Å²) in [6.07, 6.45) is 0.930. The molecule has 1 fully saturated rings. The molecule has 8 heteroatoms. The fraction of sp³-hybridized carbons (Fsp3) is 0.450. The van der Waals surface area contributed by atoms with E-state index in [1.807, 2.05) is 25.1 Å². The number of Topliss-reactive ketones (excluding diaryl/α,β-unsaturated/α-hetero) is 1. The number of fused-ring (bicyclic) bond motifs is 1. The highest BCUT2D eigenvalue weighted by atomic mass is 16.5. The van der Waals surface area contributed by atoms with Gasteiger partial charge >= 0.3 is 6.03 Å². The van der Waals surface area contributed by atoms with Crippen LogP contribution in [0.2, 0.25) is 0 Å². The van der Waals surface area contributed by atoms with Crippen molar-refractivity contribution in [1.29, 1.82) is 0 Å². The lowest BCUT2D eigenvalue weighted by atomic mass is 9.89. The zero-order valence-electron chi connectivity index (χ0n) is 16.3. The molecule has 1 saturated heterocycles. The van der Waals surface area contributed by atoms with E-state index < -0.39 is 5.60 Å². The number of nitrogens with zero attached hydrogens (tertiary/aromatic N) is 3. The zero-order chi connectivity index (χ0) is 19.9. The van der Waals surface area contributed by atoms with Crippen LogP contribution in [0.5, 0.6) is 11.6 Å². The number of aryl methyl sites for hydroxylation is 2. The maximum absolute atomic E-state index is 12.7. The number of hydrogen-bond acceptors (Lipinski definition) is 5. The van der Waals surface area contributed by atoms with Gasteiger partial charge in [0.1, 0.15) is 11.4 Å². The second-order valence-corrected chi connectivity index (χ2v) is 7.41. The molecule has 2 aromatic rings. The van der Waals surface area contributed by atoms with Crippen LogP contribution in [0.3, 0.4) is 0 Å². The topological polar surface area (TPSA) is 85.7 Å². The van der Waals surface area contributed by atoms with Gasteiger partial charge in [0.15, 0.2) is 5.78 Å². The second-order valence-electron chi connectivity index (χ2n) is 7.41. The van der Waals surface area contributed by atoms with Crippen molar-refractivity contribution in [2.24, 2.45) is 7.05 Å². The number of para-hydroxylation sites is 1. The summed E-state index contributed by atoms with van der Waals surface area (Å²) in [6, 6.07) is 7.11. The third-order valence-electron chi connectivity index (χ3n) is 5.50. The van der Waals surface area contributed by atoms with Crippen LogP contribution in [-0.4, -0.2) is 52.3 Å². The van der Waals surface area contributed by atoms with Gasteiger partial charge in [-0.05, 0) is 19.1 Å². The van der Waals surface area contributed by atoms with E-state index in [1.54, 1.807) is 29.8 Å². The van der Waals surface area contributed by atoms with Crippen molar-refractivity contribution in [2.45, 2.75) is 31.9 Å². The number of rotatable bonds is 3. The summed E-state index contributed by atoms with van der Waals surface area (Å²) in [5.74, 6) is 1.31. The Morgan fingerprint density at radius 3 is 2.96 bits per heavy atom. The number of urea groups is 1. The maximum atomic E-state index is 12.7. The van der Waals surface area contributed by atoms with E-state index >= 15 is 0 Å². The van der Waals surface area contributed by atoms with E-state index in [4.69, 9.17) is 9.47 Å². The van der Waals surface area contributed by atoms with Gasteiger partial charge in [-0.1, -0.05) is 12.1 Å². The Kier molecular flexibility index (Phi) is 4.49. The third kappa shape index (κ3) is 3.08. The molecule has 0 aliphatic carbocycles. The Balaban J connectivity index is 1.42. The highest BCUT2D eigenvalue weighted by molar-refractivity contribution is 6.00. The molecule has 2 amide bonds. The SMILES string of the molecule is COc1c(CNC(=O)N2CCC3(CC(=O)c4ccccc4O3)C2)c(C)nn1C. The molecule has 4 rings (SSSR count). The number of benzene rings is 1. The van der Waals surface area contributed by atoms with Crippen LogP contribution in [0, 0.1) is 6.92 Å². The lowest BCUT2D eigenvalue weighted by Gasteiger charge is -2.34. The summed E-state index contributed by atoms with van der Waals surface area (Å²) >= 11 is 0. The number of nitrogens with one attached hydrogen (secondary N) is 1. The van der Waals surface area contributed by atoms with Gasteiger partial charge in [-0.15, -0.1) is 0 Å². The van der Waals surface area contributed by atoms with Crippen LogP contribution in [0.15, 0.2) is 24.3 Å². The number of aromatic nitrogens is 2. The summed E-state index contributed by atoms with van der Waals surface area (Å²) in [4.78, 5) is 26.9. The first kappa shape index (κ1) is 18.3. The van der Waals surface area contributed by atoms with E-state index in [-0.39, 0.29) is 11.8 Å². The standard InChI is InChI=1S/C20H24N4O4/c1-13-15(18(27-3)23(2)22-13)11-21-19(26)24-9-8-20(12-24)10-16(25)14-6-4-5-7-17(14)28-20/h4-7H,8-12H2,1-3H3,(H,21,26). The van der Waals surface area contributed by atoms with Gasteiger partial charge in [0.25, 0.3) is 0 Å². The lowest BCUT2D eigenvalue weighted by Crippen LogP contribution is -2.47. The number of amides is 2. The third-order valence-corrected chi connectivity index (χ3v) is 5.50. The summed E-state index contributed by atoms with van der Waals surface area (Å²) in [6.45, 7) is 3.15. The Morgan fingerprint density at radius 2 is 2.18 bits per heavy atom. The molecule has 0 saturated carbocycles. The molecule has 148 valence electrons. The Labute approximate surface area is 163 Å². The van der Waals surface area contributed by atoms with Crippen LogP contribution in [0.4, 0.5) is 4.79 Å². The molecule has 2 aliphatic heterocycles. The van der Waals surface area contributed by atoms with Gasteiger partial charge in [0, 0.05) is 20.0 Å². The normalized spacial score (nSPS) is 20.8. The maximum Gasteiger partial charge on any atom is 0.317 e. The minimum Gasteiger partial charge on any atom is -0.484 e. The number of ether oxygens (including phenoxy) is 2. The van der Waals surface area contributed by atoms with E-state index in [2.05, 4.69) is 10.4 Å². The number of likely N-dealkylation sites (tertiary alicyclic amines) is 1. The van der Waals surface area contributed by atoms with Crippen LogP contribution >= 0.6 is 0 Å². The smallest absolute Gasteiger partial charge is 0.317 e. The molecule has 1 aromatic carbocycles. The largest absolute Gasteiger partial charge is 0.484 e. The number of carbonyl (C=O) groups excluding carboxylic acids is 2. The average molecular weight is 384 g/mol. The van der Waals surface area contributed by atoms with Crippen molar-refractivity contribution < 1.29 is 19.1 Å². The first-order valence-corrected chi connectivity index (χ1v) is 9.33. The molecule has 1 aromatic heterocycles. The summed E-state index contributed by atoms with van der Waals surface area (Å²) in [5.41, 5.74) is 1.65. The highest BCUT2D eigenvalue weighted by Gasteiger charge is 2.46. The fourth-order valence-corrected chi connectivity index (χ4v) is 4.10. The van der Waals surface area contributed by atoms with Crippen LogP contribution in [0.25, 0.3) is 0 Å². The predicted molar refractivity (Wildman–Crippen MR) is 102 cm³/mol. The molecule has 3 heterocycles. The molecule has 1 N–H and O–H groups in total. The van der Waals surface area contributed by atoms with Crippen molar-refractivity contribution in [3.05, 3.63) is 41.1 Å². The molecule has 0 radical (unpaired) electrons. The van der Waals surface area contributed by atoms with Crippen molar-refractivity contribution in [1.82, 2.24) is 20.0 Å². The summed E-state index contributed by atoms with van der Waals surface area (Å²) < 4.78 is 13.2. The second kappa shape index (κ2) is 6.85. The van der Waals surface area contributed by atoms with Gasteiger partial charge in [-0.25, -0.2) is 9.48 Å². The average Bonchev–Trinajstić information content (AvgIpc) is 3.19. The van der Waals surface area contributed by atoms with Crippen molar-refractivity contribution >= 4 is 11.8 Å². The van der Waals surface area contributed by atoms with Crippen molar-refractivity contribution in [3.63, 3.8) is 0 Å². The fourth-order valence-electron chi connectivity index (χ4n) is 4.10. The monoisotopic (exact) mass is 384 g/mol. The molecular formula is C20H24N4O4. The summed E-state index contributed by atoms with van der Waals surface area (Å²) in [7, 11) is 3.39. The molecule has 1 spiro atoms. The first-order chi connectivity index (χ1) is 13.4. The van der Waals surface area contributed by atoms with E-state index in [0.29, 0.717) is 49.7 Å². The number of ketones is 1. The van der Waals surface area contributed by atoms with Gasteiger partial charge in [-0.3, -0.25) is 4.79 Å². The van der Waals surface area contributed by atoms with Crippen molar-refractivity contribution in [2.75, 3.05) is 20.2 Å². The van der Waals surface area contributed by atoms with Crippen molar-refractivity contribution in [3.8, 4) is 11.6 Å². The van der Waals surface area contributed by atoms with Gasteiger partial charge in [-0.2, -0.15) is 5.10 Å². The number of hydrogen-bond donors (Lipinski definition) is 1. The van der Waals surface area contributed by atoms with Crippen LogP contribution < -0.4 is 14.8 Å². The molecule has 2 aliphatic rings. The molecule has 8 nitrogen and oxygen atoms in total. The quantitative estimate of drug-likeness (QED) is 0.875. The molecule has 1 atom stereocenters. The minimum absolute atomic E-state index is 0.0693. The first-order valence-electron chi connectivity index (χ1n) is 9.33. The van der Waals surface area contributed by atoms with Crippen LogP contribution in [-0.2, 0) is 13.6 Å². The van der Waals surface area contributed by atoms with Gasteiger partial charge in [0.05, 0.1) is 43.4 Å². The summed E-state index contributed by atoms with van der Waals surface area (Å²) in [5, 5.41) is 7.26. The van der Waals surface area contributed by atoms with E-state index in [1.165, 1.54) is 0 Å². The zero-order valence-corrected chi connectivity index (χ0v) is 16.3. The highest BCUT2D eigenvalue weighted by Crippen LogP contribution is 2.38. The van der Waals surface area contributed by atoms with E-state index in [9.17, 15) is 9.59 Å². The van der Waals surface area contributed by atoms with Gasteiger partial charge in [0.2, 0.25) is 5.88 Å². The molecule has 1 unspecified atom stereocenters.